The van der Waals surface area contributed by atoms with Crippen LogP contribution in [0.1, 0.15) is 0 Å². The van der Waals surface area contributed by atoms with Gasteiger partial charge in [-0.1, -0.05) is 0 Å². The summed E-state index contributed by atoms with van der Waals surface area (Å²) in [6, 6.07) is 1.82. The van der Waals surface area contributed by atoms with E-state index >= 15 is 0 Å². The fourth-order valence-electron chi connectivity index (χ4n) is 0.706. The molecule has 1 aromatic rings. The summed E-state index contributed by atoms with van der Waals surface area (Å²) in [6.45, 7) is 0. The molecule has 0 aliphatic heterocycles. The molecule has 0 aliphatic rings. The van der Waals surface area contributed by atoms with Gasteiger partial charge in [-0.05, 0) is 6.07 Å². The van der Waals surface area contributed by atoms with E-state index in [4.69, 9.17) is 25.4 Å². The summed E-state index contributed by atoms with van der Waals surface area (Å²) in [6.07, 6.45) is 0. The highest BCUT2D eigenvalue weighted by Crippen LogP contribution is 2.40. The molecule has 0 radical (unpaired) electrons. The van der Waals surface area contributed by atoms with Crippen LogP contribution >= 0.6 is 9.39 Å². The topological polar surface area (TPSA) is 147 Å². The average molecular weight is 250 g/mol. The van der Waals surface area contributed by atoms with Crippen molar-refractivity contribution in [2.24, 2.45) is 0 Å². The fourth-order valence-corrected chi connectivity index (χ4v) is 0.706. The third-order valence-electron chi connectivity index (χ3n) is 1.31. The number of aromatic hydroxyl groups is 3. The van der Waals surface area contributed by atoms with Gasteiger partial charge in [0.2, 0.25) is 20.9 Å². The van der Waals surface area contributed by atoms with E-state index in [1.54, 1.807) is 0 Å². The third-order valence-corrected chi connectivity index (χ3v) is 1.31. The minimum Gasteiger partial charge on any atom is -0.504 e. The molecule has 1 rings (SSSR count). The molecule has 0 amide bonds. The lowest BCUT2D eigenvalue weighted by Gasteiger charge is -1.99. The van der Waals surface area contributed by atoms with Gasteiger partial charge in [0.05, 0.1) is 4.92 Å². The van der Waals surface area contributed by atoms with Crippen LogP contribution in [0.25, 0.3) is 0 Å². The molecule has 0 heterocycles. The second-order valence-corrected chi connectivity index (χ2v) is 2.77. The first-order valence-corrected chi connectivity index (χ1v) is 4.06. The molecule has 1 unspecified atom stereocenters. The van der Waals surface area contributed by atoms with Gasteiger partial charge in [-0.15, -0.1) is 0 Å². The molecule has 0 aromatic heterocycles. The zero-order valence-electron chi connectivity index (χ0n) is 7.60. The lowest BCUT2D eigenvalue weighted by molar-refractivity contribution is -0.386. The first kappa shape index (κ1) is 13.8. The lowest BCUT2D eigenvalue weighted by atomic mass is 10.2. The van der Waals surface area contributed by atoms with Gasteiger partial charge in [0.25, 0.3) is 0 Å². The smallest absolute Gasteiger partial charge is 0.314 e. The van der Waals surface area contributed by atoms with Crippen molar-refractivity contribution in [1.29, 1.82) is 0 Å². The quantitative estimate of drug-likeness (QED) is 0.288. The zero-order chi connectivity index (χ0) is 12.9. The molecule has 0 fully saturated rings. The van der Waals surface area contributed by atoms with Crippen LogP contribution in [0, 0.1) is 20.2 Å². The maximum Gasteiger partial charge on any atom is 0.314 e. The summed E-state index contributed by atoms with van der Waals surface area (Å²) >= 11 is 0. The maximum absolute atomic E-state index is 10.1. The highest BCUT2D eigenvalue weighted by atomic mass is 31.0. The van der Waals surface area contributed by atoms with Gasteiger partial charge in [0, 0.05) is 10.8 Å². The van der Waals surface area contributed by atoms with Gasteiger partial charge in [-0.2, -0.15) is 0 Å². The Morgan fingerprint density at radius 3 is 1.88 bits per heavy atom. The molecule has 0 bridgehead atoms. The molecular formula is C6H7N2O7P. The number of hydrogen-bond donors (Lipinski definition) is 3. The number of phenols is 3. The number of rotatable bonds is 1. The van der Waals surface area contributed by atoms with Gasteiger partial charge in [0.1, 0.15) is 0 Å². The Hall–Kier alpha value is -2.15. The Balaban J connectivity index is 0.000000487. The number of nitro groups is 2. The molecule has 10 heteroatoms. The van der Waals surface area contributed by atoms with Gasteiger partial charge in [0.15, 0.2) is 5.75 Å². The molecule has 1 atom stereocenters. The van der Waals surface area contributed by atoms with Crippen molar-refractivity contribution in [3.63, 3.8) is 0 Å². The molecule has 9 nitrogen and oxygen atoms in total. The minimum atomic E-state index is -0.931. The van der Waals surface area contributed by atoms with Gasteiger partial charge >= 0.3 is 5.69 Å². The first-order chi connectivity index (χ1) is 7.27. The lowest BCUT2D eigenvalue weighted by Crippen LogP contribution is -1.88. The van der Waals surface area contributed by atoms with Gasteiger partial charge < -0.3 is 15.3 Å². The normalized spacial score (nSPS) is 8.81. The van der Waals surface area contributed by atoms with Crippen molar-refractivity contribution >= 4 is 15.1 Å². The largest absolute Gasteiger partial charge is 0.504 e. The van der Waals surface area contributed by atoms with E-state index in [2.05, 4.69) is 0 Å². The predicted molar refractivity (Wildman–Crippen MR) is 54.8 cm³/mol. The maximum atomic E-state index is 10.1. The Morgan fingerprint density at radius 2 is 1.50 bits per heavy atom. The van der Waals surface area contributed by atoms with Gasteiger partial charge in [-0.25, -0.2) is 0 Å². The number of nitro benzene ring substituents is 1. The zero-order valence-corrected chi connectivity index (χ0v) is 8.76. The summed E-state index contributed by atoms with van der Waals surface area (Å²) in [7, 11) is 1.38. The average Bonchev–Trinajstić information content (AvgIpc) is 2.13. The monoisotopic (exact) mass is 250 g/mol. The van der Waals surface area contributed by atoms with Crippen LogP contribution in [0.5, 0.6) is 17.2 Å². The van der Waals surface area contributed by atoms with E-state index in [1.165, 1.54) is 9.39 Å². The molecule has 3 N–H and O–H groups in total. The van der Waals surface area contributed by atoms with Crippen molar-refractivity contribution in [3.05, 3.63) is 32.4 Å². The van der Waals surface area contributed by atoms with Crippen molar-refractivity contribution in [2.45, 2.75) is 0 Å². The van der Waals surface area contributed by atoms with Crippen molar-refractivity contribution in [2.75, 3.05) is 0 Å². The van der Waals surface area contributed by atoms with Crippen LogP contribution in [-0.2, 0) is 0 Å². The minimum absolute atomic E-state index is 0.583. The fraction of sp³-hybridized carbons (Fsp3) is 0. The Kier molecular flexibility index (Phi) is 4.90. The van der Waals surface area contributed by atoms with E-state index in [1.807, 2.05) is 0 Å². The molecule has 16 heavy (non-hydrogen) atoms. The van der Waals surface area contributed by atoms with Crippen molar-refractivity contribution < 1.29 is 24.9 Å². The van der Waals surface area contributed by atoms with Crippen LogP contribution in [0.15, 0.2) is 12.1 Å². The predicted octanol–water partition coefficient (Wildman–Crippen LogP) is 0.765. The number of benzene rings is 1. The second kappa shape index (κ2) is 5.66. The molecule has 0 saturated carbocycles. The number of hydrogen-bond acceptors (Lipinski definition) is 7. The SMILES string of the molecule is O=[N+]([O-])P.O=[N+]([O-])c1ccc(O)c(O)c1O. The van der Waals surface area contributed by atoms with E-state index in [9.17, 15) is 10.1 Å². The molecule has 0 saturated heterocycles. The molecule has 1 aromatic carbocycles. The Labute approximate surface area is 90.5 Å². The third kappa shape index (κ3) is 3.93. The van der Waals surface area contributed by atoms with Crippen LogP contribution < -0.4 is 0 Å². The van der Waals surface area contributed by atoms with Crippen LogP contribution in [0.4, 0.5) is 5.69 Å². The van der Waals surface area contributed by atoms with E-state index in [-0.39, 0.29) is 0 Å². The Morgan fingerprint density at radius 1 is 1.06 bits per heavy atom. The summed E-state index contributed by atoms with van der Waals surface area (Å²) in [5.41, 5.74) is -0.648. The van der Waals surface area contributed by atoms with Crippen LogP contribution in [-0.4, -0.2) is 24.9 Å². The molecule has 0 aliphatic carbocycles. The standard InChI is InChI=1S/C6H5NO5.H2NO2P/c8-4-2-1-3(7(11)12)5(9)6(4)10;2-1(3)4/h1-2,8-10H;4H2. The van der Waals surface area contributed by atoms with E-state index in [0.29, 0.717) is 0 Å². The molecular weight excluding hydrogens is 243 g/mol. The van der Waals surface area contributed by atoms with E-state index < -0.39 is 32.6 Å². The number of nitrogens with zero attached hydrogens (tertiary/aromatic N) is 2. The highest BCUT2D eigenvalue weighted by molar-refractivity contribution is 7.08. The summed E-state index contributed by atoms with van der Waals surface area (Å²) in [5.74, 6) is -2.41. The summed E-state index contributed by atoms with van der Waals surface area (Å²) in [5, 5.41) is 45.4. The van der Waals surface area contributed by atoms with E-state index in [0.717, 1.165) is 12.1 Å². The van der Waals surface area contributed by atoms with Crippen molar-refractivity contribution in [1.82, 2.24) is 0 Å². The number of phenolic OH excluding ortho intramolecular Hbond substituents is 3. The van der Waals surface area contributed by atoms with Gasteiger partial charge in [-0.3, -0.25) is 20.2 Å². The highest BCUT2D eigenvalue weighted by Gasteiger charge is 2.19. The second-order valence-electron chi connectivity index (χ2n) is 2.34. The molecule has 88 valence electrons. The molecule has 0 spiro atoms. The van der Waals surface area contributed by atoms with Crippen LogP contribution in [0.3, 0.4) is 0 Å². The Bertz CT molecular complexity index is 418. The van der Waals surface area contributed by atoms with Crippen molar-refractivity contribution in [3.8, 4) is 17.2 Å². The first-order valence-electron chi connectivity index (χ1n) is 3.54. The summed E-state index contributed by atoms with van der Waals surface area (Å²) < 4.78 is -0.583. The summed E-state index contributed by atoms with van der Waals surface area (Å²) in [4.78, 5) is 18.0. The van der Waals surface area contributed by atoms with Crippen LogP contribution in [0.2, 0.25) is 0 Å².